The van der Waals surface area contributed by atoms with Gasteiger partial charge in [0.1, 0.15) is 18.2 Å². The minimum absolute atomic E-state index is 0.0606. The van der Waals surface area contributed by atoms with Crippen LogP contribution in [-0.2, 0) is 11.2 Å². The number of rotatable bonds is 8. The Bertz CT molecular complexity index is 659. The lowest BCUT2D eigenvalue weighted by molar-refractivity contribution is -0.116. The molecule has 0 spiro atoms. The van der Waals surface area contributed by atoms with Gasteiger partial charge in [0.05, 0.1) is 0 Å². The van der Waals surface area contributed by atoms with Crippen molar-refractivity contribution in [3.05, 3.63) is 59.9 Å². The van der Waals surface area contributed by atoms with Crippen molar-refractivity contribution in [3.8, 4) is 5.75 Å². The number of amides is 1. The lowest BCUT2D eigenvalue weighted by Gasteiger charge is -2.12. The standard InChI is InChI=1S/C19H23FN2O2/c1-14(11-15-3-2-4-16(20)13-15)12-19(23)22-17-5-7-18(8-6-17)24-10-9-21/h2-8,13-14H,9-12,21H2,1H3,(H,22,23). The zero-order valence-corrected chi connectivity index (χ0v) is 13.8. The largest absolute Gasteiger partial charge is 0.492 e. The Hall–Kier alpha value is -2.40. The zero-order chi connectivity index (χ0) is 17.4. The molecule has 1 amide bonds. The fourth-order valence-corrected chi connectivity index (χ4v) is 2.48. The van der Waals surface area contributed by atoms with E-state index >= 15 is 0 Å². The highest BCUT2D eigenvalue weighted by atomic mass is 19.1. The average Bonchev–Trinajstić information content (AvgIpc) is 2.54. The zero-order valence-electron chi connectivity index (χ0n) is 13.8. The van der Waals surface area contributed by atoms with Crippen LogP contribution in [0.15, 0.2) is 48.5 Å². The first-order chi connectivity index (χ1) is 11.6. The van der Waals surface area contributed by atoms with E-state index in [-0.39, 0.29) is 17.6 Å². The van der Waals surface area contributed by atoms with Crippen molar-refractivity contribution in [2.75, 3.05) is 18.5 Å². The van der Waals surface area contributed by atoms with Crippen LogP contribution in [0.4, 0.5) is 10.1 Å². The first-order valence-electron chi connectivity index (χ1n) is 8.04. The van der Waals surface area contributed by atoms with Crippen LogP contribution < -0.4 is 15.8 Å². The number of nitrogens with two attached hydrogens (primary N) is 1. The van der Waals surface area contributed by atoms with E-state index in [0.717, 1.165) is 17.0 Å². The molecule has 0 fully saturated rings. The van der Waals surface area contributed by atoms with Crippen LogP contribution in [-0.4, -0.2) is 19.1 Å². The summed E-state index contributed by atoms with van der Waals surface area (Å²) >= 11 is 0. The van der Waals surface area contributed by atoms with Crippen LogP contribution in [0.25, 0.3) is 0 Å². The maximum absolute atomic E-state index is 13.2. The Labute approximate surface area is 141 Å². The quantitative estimate of drug-likeness (QED) is 0.780. The molecule has 0 aliphatic carbocycles. The second-order valence-corrected chi connectivity index (χ2v) is 5.85. The Morgan fingerprint density at radius 3 is 2.67 bits per heavy atom. The number of carbonyl (C=O) groups is 1. The number of hydrogen-bond donors (Lipinski definition) is 2. The van der Waals surface area contributed by atoms with Gasteiger partial charge in [-0.3, -0.25) is 4.79 Å². The van der Waals surface area contributed by atoms with Crippen molar-refractivity contribution >= 4 is 11.6 Å². The summed E-state index contributed by atoms with van der Waals surface area (Å²) in [5.74, 6) is 0.535. The summed E-state index contributed by atoms with van der Waals surface area (Å²) in [6.07, 6.45) is 1.04. The van der Waals surface area contributed by atoms with Gasteiger partial charge in [-0.25, -0.2) is 4.39 Å². The molecule has 24 heavy (non-hydrogen) atoms. The third-order valence-electron chi connectivity index (χ3n) is 3.53. The molecule has 2 rings (SSSR count). The molecule has 5 heteroatoms. The molecule has 0 bridgehead atoms. The molecule has 3 N–H and O–H groups in total. The molecule has 0 heterocycles. The predicted octanol–water partition coefficient (Wildman–Crippen LogP) is 3.37. The minimum atomic E-state index is -0.249. The van der Waals surface area contributed by atoms with Crippen molar-refractivity contribution in [2.24, 2.45) is 11.7 Å². The highest BCUT2D eigenvalue weighted by molar-refractivity contribution is 5.90. The third-order valence-corrected chi connectivity index (χ3v) is 3.53. The monoisotopic (exact) mass is 330 g/mol. The second-order valence-electron chi connectivity index (χ2n) is 5.85. The van der Waals surface area contributed by atoms with Gasteiger partial charge in [0.2, 0.25) is 5.91 Å². The van der Waals surface area contributed by atoms with Crippen LogP contribution >= 0.6 is 0 Å². The van der Waals surface area contributed by atoms with Crippen molar-refractivity contribution in [2.45, 2.75) is 19.8 Å². The number of benzene rings is 2. The van der Waals surface area contributed by atoms with Crippen LogP contribution in [0.1, 0.15) is 18.9 Å². The third kappa shape index (κ3) is 6.01. The van der Waals surface area contributed by atoms with Crippen LogP contribution in [0.5, 0.6) is 5.75 Å². The van der Waals surface area contributed by atoms with Gasteiger partial charge in [0, 0.05) is 18.7 Å². The molecular formula is C19H23FN2O2. The number of anilines is 1. The van der Waals surface area contributed by atoms with Crippen LogP contribution in [0, 0.1) is 11.7 Å². The molecule has 4 nitrogen and oxygen atoms in total. The summed E-state index contributed by atoms with van der Waals surface area (Å²) in [6.45, 7) is 2.90. The van der Waals surface area contributed by atoms with Crippen LogP contribution in [0.3, 0.4) is 0 Å². The Morgan fingerprint density at radius 1 is 1.25 bits per heavy atom. The predicted molar refractivity (Wildman–Crippen MR) is 93.5 cm³/mol. The highest BCUT2D eigenvalue weighted by Crippen LogP contribution is 2.17. The maximum atomic E-state index is 13.2. The number of hydrogen-bond acceptors (Lipinski definition) is 3. The number of nitrogens with one attached hydrogen (secondary N) is 1. The molecule has 2 aromatic carbocycles. The second kappa shape index (κ2) is 9.03. The molecule has 1 atom stereocenters. The molecule has 1 unspecified atom stereocenters. The Kier molecular flexibility index (Phi) is 6.75. The average molecular weight is 330 g/mol. The van der Waals surface area contributed by atoms with E-state index in [1.54, 1.807) is 30.3 Å². The molecular weight excluding hydrogens is 307 g/mol. The molecule has 0 radical (unpaired) electrons. The van der Waals surface area contributed by atoms with Gasteiger partial charge in [0.15, 0.2) is 0 Å². The molecule has 0 saturated heterocycles. The first-order valence-corrected chi connectivity index (χ1v) is 8.04. The van der Waals surface area contributed by atoms with Crippen molar-refractivity contribution in [3.63, 3.8) is 0 Å². The maximum Gasteiger partial charge on any atom is 0.224 e. The summed E-state index contributed by atoms with van der Waals surface area (Å²) in [5, 5.41) is 2.86. The molecule has 0 aliphatic heterocycles. The number of halogens is 1. The van der Waals surface area contributed by atoms with Gasteiger partial charge in [0.25, 0.3) is 0 Å². The fraction of sp³-hybridized carbons (Fsp3) is 0.316. The number of ether oxygens (including phenoxy) is 1. The van der Waals surface area contributed by atoms with Gasteiger partial charge in [-0.2, -0.15) is 0 Å². The van der Waals surface area contributed by atoms with Gasteiger partial charge < -0.3 is 15.8 Å². The van der Waals surface area contributed by atoms with E-state index in [4.69, 9.17) is 10.5 Å². The smallest absolute Gasteiger partial charge is 0.224 e. The summed E-state index contributed by atoms with van der Waals surface area (Å²) < 4.78 is 18.6. The van der Waals surface area contributed by atoms with E-state index < -0.39 is 0 Å². The van der Waals surface area contributed by atoms with Crippen molar-refractivity contribution in [1.29, 1.82) is 0 Å². The molecule has 128 valence electrons. The topological polar surface area (TPSA) is 64.3 Å². The SMILES string of the molecule is CC(CC(=O)Nc1ccc(OCCN)cc1)Cc1cccc(F)c1. The first kappa shape index (κ1) is 17.9. The molecule has 0 saturated carbocycles. The van der Waals surface area contributed by atoms with E-state index in [1.165, 1.54) is 12.1 Å². The lowest BCUT2D eigenvalue weighted by Crippen LogP contribution is -2.16. The highest BCUT2D eigenvalue weighted by Gasteiger charge is 2.11. The van der Waals surface area contributed by atoms with Gasteiger partial charge >= 0.3 is 0 Å². The molecule has 0 aromatic heterocycles. The van der Waals surface area contributed by atoms with Crippen molar-refractivity contribution < 1.29 is 13.9 Å². The van der Waals surface area contributed by atoms with E-state index in [1.807, 2.05) is 13.0 Å². The summed E-state index contributed by atoms with van der Waals surface area (Å²) in [7, 11) is 0. The van der Waals surface area contributed by atoms with E-state index in [0.29, 0.717) is 26.0 Å². The summed E-state index contributed by atoms with van der Waals surface area (Å²) in [5.41, 5.74) is 7.00. The Balaban J connectivity index is 1.81. The van der Waals surface area contributed by atoms with Gasteiger partial charge in [-0.15, -0.1) is 0 Å². The number of carbonyl (C=O) groups excluding carboxylic acids is 1. The van der Waals surface area contributed by atoms with Crippen molar-refractivity contribution in [1.82, 2.24) is 0 Å². The summed E-state index contributed by atoms with van der Waals surface area (Å²) in [4.78, 5) is 12.1. The van der Waals surface area contributed by atoms with E-state index in [2.05, 4.69) is 5.32 Å². The fourth-order valence-electron chi connectivity index (χ4n) is 2.48. The van der Waals surface area contributed by atoms with Crippen LogP contribution in [0.2, 0.25) is 0 Å². The van der Waals surface area contributed by atoms with Gasteiger partial charge in [-0.05, 0) is 54.3 Å². The minimum Gasteiger partial charge on any atom is -0.492 e. The Morgan fingerprint density at radius 2 is 2.00 bits per heavy atom. The molecule has 2 aromatic rings. The lowest BCUT2D eigenvalue weighted by atomic mass is 9.97. The molecule has 0 aliphatic rings. The van der Waals surface area contributed by atoms with Gasteiger partial charge in [-0.1, -0.05) is 19.1 Å². The summed E-state index contributed by atoms with van der Waals surface area (Å²) in [6, 6.07) is 13.7. The van der Waals surface area contributed by atoms with E-state index in [9.17, 15) is 9.18 Å². The normalized spacial score (nSPS) is 11.8.